The van der Waals surface area contributed by atoms with Gasteiger partial charge in [-0.1, -0.05) is 60.1 Å². The van der Waals surface area contributed by atoms with Crippen LogP contribution in [-0.2, 0) is 29.1 Å². The number of aromatic nitrogens is 1. The zero-order chi connectivity index (χ0) is 30.1. The number of aliphatic hydroxyl groups is 1. The maximum Gasteiger partial charge on any atom is 0.257 e. The van der Waals surface area contributed by atoms with E-state index in [-0.39, 0.29) is 23.6 Å². The van der Waals surface area contributed by atoms with Gasteiger partial charge in [0.2, 0.25) is 5.43 Å². The number of hydrogen-bond donors (Lipinski definition) is 2. The minimum Gasteiger partial charge on any atom is -0.387 e. The number of aliphatic hydroxyl groups excluding tert-OH is 1. The third-order valence-corrected chi connectivity index (χ3v) is 7.64. The molecule has 9 heteroatoms. The van der Waals surface area contributed by atoms with E-state index in [0.29, 0.717) is 48.8 Å². The van der Waals surface area contributed by atoms with Crippen molar-refractivity contribution in [1.29, 1.82) is 0 Å². The summed E-state index contributed by atoms with van der Waals surface area (Å²) in [6.45, 7) is 4.53. The lowest BCUT2D eigenvalue weighted by molar-refractivity contribution is 0.0669. The summed E-state index contributed by atoms with van der Waals surface area (Å²) in [7, 11) is 3.56. The fourth-order valence-electron chi connectivity index (χ4n) is 4.78. The lowest BCUT2D eigenvalue weighted by atomic mass is 10.0. The van der Waals surface area contributed by atoms with Gasteiger partial charge in [-0.2, -0.15) is 0 Å². The van der Waals surface area contributed by atoms with Crippen LogP contribution in [0.25, 0.3) is 10.9 Å². The predicted molar refractivity (Wildman–Crippen MR) is 166 cm³/mol. The van der Waals surface area contributed by atoms with E-state index in [1.165, 1.54) is 0 Å². The summed E-state index contributed by atoms with van der Waals surface area (Å²) < 4.78 is 12.6. The van der Waals surface area contributed by atoms with E-state index in [9.17, 15) is 14.7 Å². The quantitative estimate of drug-likeness (QED) is 0.205. The number of pyridine rings is 1. The fraction of sp³-hybridized carbons (Fsp3) is 0.333. The van der Waals surface area contributed by atoms with Crippen molar-refractivity contribution < 1.29 is 19.4 Å². The van der Waals surface area contributed by atoms with Crippen LogP contribution in [0.4, 0.5) is 0 Å². The van der Waals surface area contributed by atoms with Crippen molar-refractivity contribution in [3.05, 3.63) is 116 Å². The van der Waals surface area contributed by atoms with Crippen LogP contribution in [0.5, 0.6) is 0 Å². The summed E-state index contributed by atoms with van der Waals surface area (Å²) in [5.41, 5.74) is 3.06. The molecule has 0 fully saturated rings. The average Bonchev–Trinajstić information content (AvgIpc) is 3.01. The van der Waals surface area contributed by atoms with Gasteiger partial charge in [0.25, 0.3) is 5.91 Å². The summed E-state index contributed by atoms with van der Waals surface area (Å²) in [5, 5.41) is 14.8. The minimum atomic E-state index is -0.664. The molecule has 2 atom stereocenters. The van der Waals surface area contributed by atoms with Gasteiger partial charge in [-0.05, 0) is 54.9 Å². The first-order valence-corrected chi connectivity index (χ1v) is 14.3. The van der Waals surface area contributed by atoms with E-state index in [0.717, 1.165) is 16.7 Å². The number of likely N-dealkylation sites (N-methyl/N-ethyl adjacent to an activating group) is 1. The van der Waals surface area contributed by atoms with Crippen LogP contribution in [0.2, 0.25) is 5.02 Å². The summed E-state index contributed by atoms with van der Waals surface area (Å²) in [6, 6.07) is 22.3. The number of amides is 1. The van der Waals surface area contributed by atoms with E-state index in [1.54, 1.807) is 25.4 Å². The number of ether oxygens (including phenoxy) is 2. The molecule has 1 heterocycles. The lowest BCUT2D eigenvalue weighted by Gasteiger charge is -2.29. The smallest absolute Gasteiger partial charge is 0.257 e. The van der Waals surface area contributed by atoms with Crippen LogP contribution in [-0.4, -0.2) is 60.5 Å². The molecule has 0 radical (unpaired) electrons. The van der Waals surface area contributed by atoms with Gasteiger partial charge < -0.3 is 24.5 Å². The highest BCUT2D eigenvalue weighted by Gasteiger charge is 2.21. The number of methoxy groups -OCH3 is 1. The maximum absolute atomic E-state index is 13.7. The maximum atomic E-state index is 13.7. The van der Waals surface area contributed by atoms with Crippen molar-refractivity contribution in [2.75, 3.05) is 34.0 Å². The lowest BCUT2D eigenvalue weighted by Crippen LogP contribution is -2.34. The second kappa shape index (κ2) is 15.1. The van der Waals surface area contributed by atoms with Gasteiger partial charge in [0, 0.05) is 49.4 Å². The highest BCUT2D eigenvalue weighted by molar-refractivity contribution is 6.30. The number of hydrogen-bond acceptors (Lipinski definition) is 6. The molecule has 1 amide bonds. The van der Waals surface area contributed by atoms with E-state index >= 15 is 0 Å². The number of benzene rings is 3. The number of carbonyl (C=O) groups excluding carboxylic acids is 1. The van der Waals surface area contributed by atoms with E-state index < -0.39 is 12.0 Å². The van der Waals surface area contributed by atoms with Gasteiger partial charge in [-0.3, -0.25) is 14.5 Å². The number of nitrogens with zero attached hydrogens (tertiary/aromatic N) is 2. The molecule has 0 saturated heterocycles. The normalized spacial score (nSPS) is 12.9. The van der Waals surface area contributed by atoms with Crippen molar-refractivity contribution >= 4 is 28.4 Å². The van der Waals surface area contributed by atoms with Crippen LogP contribution in [0, 0.1) is 0 Å². The standard InChI is InChI=1S/C33H38ClN3O5/c1-23(31(38)26-7-5-4-6-8-26)36(2)21-25-11-14-30-28(19-25)32(39)29(22-37(30)15-16-42-18-17-41-3)33(40)35-20-24-9-12-27(34)13-10-24/h4-14,19,22-23,31,38H,15-18,20-21H2,1-3H3,(H,35,40)/t23-,31-/m1/s1. The molecule has 0 aliphatic rings. The average molecular weight is 592 g/mol. The molecule has 3 aromatic carbocycles. The number of rotatable bonds is 14. The Morgan fingerprint density at radius 3 is 2.45 bits per heavy atom. The van der Waals surface area contributed by atoms with Crippen LogP contribution >= 0.6 is 11.6 Å². The molecule has 0 spiro atoms. The summed E-state index contributed by atoms with van der Waals surface area (Å²) in [5.74, 6) is -0.451. The Labute approximate surface area is 251 Å². The van der Waals surface area contributed by atoms with E-state index in [4.69, 9.17) is 21.1 Å². The van der Waals surface area contributed by atoms with Gasteiger partial charge in [0.15, 0.2) is 0 Å². The van der Waals surface area contributed by atoms with Crippen LogP contribution in [0.3, 0.4) is 0 Å². The molecule has 2 N–H and O–H groups in total. The zero-order valence-electron chi connectivity index (χ0n) is 24.3. The molecular formula is C33H38ClN3O5. The van der Waals surface area contributed by atoms with Crippen molar-refractivity contribution in [2.45, 2.75) is 38.7 Å². The molecular weight excluding hydrogens is 554 g/mol. The Morgan fingerprint density at radius 2 is 1.74 bits per heavy atom. The molecule has 0 aliphatic heterocycles. The Kier molecular flexibility index (Phi) is 11.3. The Balaban J connectivity index is 1.59. The molecule has 42 heavy (non-hydrogen) atoms. The fourth-order valence-corrected chi connectivity index (χ4v) is 4.90. The van der Waals surface area contributed by atoms with E-state index in [2.05, 4.69) is 5.32 Å². The number of halogens is 1. The van der Waals surface area contributed by atoms with E-state index in [1.807, 2.05) is 84.1 Å². The third kappa shape index (κ3) is 8.06. The molecule has 0 aliphatic carbocycles. The van der Waals surface area contributed by atoms with Crippen molar-refractivity contribution in [3.8, 4) is 0 Å². The van der Waals surface area contributed by atoms with Crippen molar-refractivity contribution in [1.82, 2.24) is 14.8 Å². The zero-order valence-corrected chi connectivity index (χ0v) is 25.0. The molecule has 1 aromatic heterocycles. The summed E-state index contributed by atoms with van der Waals surface area (Å²) in [4.78, 5) is 29.0. The monoisotopic (exact) mass is 591 g/mol. The van der Waals surface area contributed by atoms with Crippen molar-refractivity contribution in [2.24, 2.45) is 0 Å². The topological polar surface area (TPSA) is 93.0 Å². The van der Waals surface area contributed by atoms with Gasteiger partial charge in [-0.25, -0.2) is 0 Å². The first-order chi connectivity index (χ1) is 20.3. The molecule has 0 unspecified atom stereocenters. The second-order valence-electron chi connectivity index (χ2n) is 10.3. The van der Waals surface area contributed by atoms with Gasteiger partial charge in [0.1, 0.15) is 5.56 Å². The number of fused-ring (bicyclic) bond motifs is 1. The summed E-state index contributed by atoms with van der Waals surface area (Å²) in [6.07, 6.45) is 0.939. The highest BCUT2D eigenvalue weighted by Crippen LogP contribution is 2.22. The first-order valence-electron chi connectivity index (χ1n) is 14.0. The molecule has 4 aromatic rings. The Hall–Kier alpha value is -3.53. The first kappa shape index (κ1) is 31.4. The highest BCUT2D eigenvalue weighted by atomic mass is 35.5. The third-order valence-electron chi connectivity index (χ3n) is 7.39. The molecule has 4 rings (SSSR count). The number of nitrogens with one attached hydrogen (secondary N) is 1. The van der Waals surface area contributed by atoms with Crippen molar-refractivity contribution in [3.63, 3.8) is 0 Å². The molecule has 0 saturated carbocycles. The SMILES string of the molecule is COCCOCCn1cc(C(=O)NCc2ccc(Cl)cc2)c(=O)c2cc(CN(C)[C@H](C)[C@@H](O)c3ccccc3)ccc21. The van der Waals surface area contributed by atoms with Crippen LogP contribution in [0.15, 0.2) is 83.8 Å². The Bertz CT molecular complexity index is 1520. The predicted octanol–water partition coefficient (Wildman–Crippen LogP) is 4.80. The van der Waals surface area contributed by atoms with Gasteiger partial charge in [-0.15, -0.1) is 0 Å². The van der Waals surface area contributed by atoms with Gasteiger partial charge in [0.05, 0.1) is 31.4 Å². The largest absolute Gasteiger partial charge is 0.387 e. The van der Waals surface area contributed by atoms with Gasteiger partial charge >= 0.3 is 0 Å². The minimum absolute atomic E-state index is 0.0618. The number of carbonyl (C=O) groups is 1. The molecule has 222 valence electrons. The second-order valence-corrected chi connectivity index (χ2v) is 10.8. The van der Waals surface area contributed by atoms with Crippen LogP contribution < -0.4 is 10.7 Å². The summed E-state index contributed by atoms with van der Waals surface area (Å²) >= 11 is 5.97. The van der Waals surface area contributed by atoms with Crippen LogP contribution in [0.1, 0.15) is 40.1 Å². The molecule has 0 bridgehead atoms. The molecule has 8 nitrogen and oxygen atoms in total. The Morgan fingerprint density at radius 1 is 1.02 bits per heavy atom.